The van der Waals surface area contributed by atoms with Crippen LogP contribution in [0.15, 0.2) is 0 Å². The van der Waals surface area contributed by atoms with Crippen LogP contribution in [0.25, 0.3) is 0 Å². The highest BCUT2D eigenvalue weighted by Gasteiger charge is 2.60. The smallest absolute Gasteiger partial charge is 0.243 e. The molecule has 6 fully saturated rings. The average Bonchev–Trinajstić information content (AvgIpc) is 3.49. The first-order valence-corrected chi connectivity index (χ1v) is 13.2. The van der Waals surface area contributed by atoms with Crippen LogP contribution in [0, 0.1) is 34.5 Å². The zero-order chi connectivity index (χ0) is 24.8. The molecule has 2 aliphatic heterocycles. The van der Waals surface area contributed by atoms with Crippen LogP contribution in [0.2, 0.25) is 0 Å². The van der Waals surface area contributed by atoms with Crippen LogP contribution in [-0.2, 0) is 14.4 Å². The predicted molar refractivity (Wildman–Crippen MR) is 126 cm³/mol. The van der Waals surface area contributed by atoms with Crippen molar-refractivity contribution in [3.8, 4) is 12.1 Å². The van der Waals surface area contributed by atoms with Crippen LogP contribution in [0.5, 0.6) is 0 Å². The van der Waals surface area contributed by atoms with Gasteiger partial charge < -0.3 is 20.0 Å². The summed E-state index contributed by atoms with van der Waals surface area (Å²) in [6.45, 7) is 3.01. The van der Waals surface area contributed by atoms with Gasteiger partial charge >= 0.3 is 0 Å². The molecule has 4 atom stereocenters. The largest absolute Gasteiger partial charge is 0.328 e. The third kappa shape index (κ3) is 4.29. The first-order valence-electron chi connectivity index (χ1n) is 13.2. The lowest BCUT2D eigenvalue weighted by molar-refractivity contribution is -0.160. The number of nitriles is 2. The number of carbonyl (C=O) groups is 3. The normalized spacial score (nSPS) is 37.2. The quantitative estimate of drug-likeness (QED) is 0.616. The molecule has 4 aliphatic carbocycles. The second-order valence-corrected chi connectivity index (χ2v) is 11.7. The zero-order valence-corrected chi connectivity index (χ0v) is 20.7. The monoisotopic (exact) mass is 480 g/mol. The molecule has 9 heteroatoms. The summed E-state index contributed by atoms with van der Waals surface area (Å²) >= 11 is 0. The molecule has 0 aromatic carbocycles. The molecule has 6 aliphatic rings. The Kier molecular flexibility index (Phi) is 6.25. The third-order valence-corrected chi connectivity index (χ3v) is 9.34. The number of nitrogens with one attached hydrogen (secondary N) is 1. The van der Waals surface area contributed by atoms with Crippen LogP contribution in [0.4, 0.5) is 0 Å². The van der Waals surface area contributed by atoms with Crippen molar-refractivity contribution < 1.29 is 14.4 Å². The third-order valence-electron chi connectivity index (χ3n) is 9.34. The van der Waals surface area contributed by atoms with Gasteiger partial charge in [-0.3, -0.25) is 14.4 Å². The second kappa shape index (κ2) is 9.09. The molecule has 3 amide bonds. The van der Waals surface area contributed by atoms with Crippen molar-refractivity contribution in [2.45, 2.75) is 94.3 Å². The van der Waals surface area contributed by atoms with Crippen molar-refractivity contribution >= 4 is 17.7 Å². The molecule has 0 radical (unpaired) electrons. The molecular formula is C26H36N6O3. The van der Waals surface area contributed by atoms with E-state index in [4.69, 9.17) is 0 Å². The molecule has 4 saturated carbocycles. The van der Waals surface area contributed by atoms with Crippen molar-refractivity contribution in [1.29, 1.82) is 10.5 Å². The summed E-state index contributed by atoms with van der Waals surface area (Å²) in [5.41, 5.74) is -0.604. The summed E-state index contributed by atoms with van der Waals surface area (Å²) < 4.78 is 0. The molecule has 35 heavy (non-hydrogen) atoms. The Balaban J connectivity index is 1.32. The SMILES string of the molecule is CC(=O)N(CC(=O)N1CCC[C@H]1C#N)C12CC3CC(CC(NCC(=O)N4CCC[C@H]4C#N)(C3)C1)C2. The maximum Gasteiger partial charge on any atom is 0.243 e. The van der Waals surface area contributed by atoms with Crippen LogP contribution in [0.1, 0.15) is 71.1 Å². The molecule has 2 saturated heterocycles. The lowest BCUT2D eigenvalue weighted by atomic mass is 9.49. The van der Waals surface area contributed by atoms with Gasteiger partial charge in [-0.05, 0) is 76.0 Å². The first kappa shape index (κ1) is 24.1. The summed E-state index contributed by atoms with van der Waals surface area (Å²) in [7, 11) is 0. The zero-order valence-electron chi connectivity index (χ0n) is 20.7. The van der Waals surface area contributed by atoms with E-state index in [1.165, 1.54) is 0 Å². The van der Waals surface area contributed by atoms with Crippen LogP contribution >= 0.6 is 0 Å². The highest BCUT2D eigenvalue weighted by molar-refractivity contribution is 5.85. The maximum atomic E-state index is 13.2. The van der Waals surface area contributed by atoms with Crippen molar-refractivity contribution in [3.63, 3.8) is 0 Å². The standard InChI is InChI=1S/C26H36N6O3/c1-18(33)32(16-24(35)31-7-3-5-22(31)14-28)26-11-19-8-20(12-26)10-25(9-19,17-26)29-15-23(34)30-6-2-4-21(30)13-27/h19-22,29H,2-12,15-17H2,1H3/t19?,20?,21-,22-,25?,26?/m0/s1. The highest BCUT2D eigenvalue weighted by Crippen LogP contribution is 2.59. The minimum Gasteiger partial charge on any atom is -0.328 e. The molecule has 0 spiro atoms. The Labute approximate surface area is 207 Å². The van der Waals surface area contributed by atoms with Gasteiger partial charge in [-0.1, -0.05) is 0 Å². The molecule has 2 heterocycles. The molecule has 0 aromatic heterocycles. The summed E-state index contributed by atoms with van der Waals surface area (Å²) in [4.78, 5) is 44.3. The van der Waals surface area contributed by atoms with E-state index in [1.54, 1.807) is 16.7 Å². The minimum absolute atomic E-state index is 0.0194. The Morgan fingerprint density at radius 1 is 0.943 bits per heavy atom. The molecule has 188 valence electrons. The summed E-state index contributed by atoms with van der Waals surface area (Å²) in [6.07, 6.45) is 8.80. The summed E-state index contributed by atoms with van der Waals surface area (Å²) in [5.74, 6) is 0.692. The molecule has 6 rings (SSSR count). The van der Waals surface area contributed by atoms with Crippen molar-refractivity contribution in [3.05, 3.63) is 0 Å². The predicted octanol–water partition coefficient (Wildman–Crippen LogP) is 1.55. The van der Waals surface area contributed by atoms with Gasteiger partial charge in [0.2, 0.25) is 17.7 Å². The van der Waals surface area contributed by atoms with Gasteiger partial charge in [0.25, 0.3) is 0 Å². The fourth-order valence-corrected chi connectivity index (χ4v) is 8.34. The van der Waals surface area contributed by atoms with Crippen LogP contribution in [0.3, 0.4) is 0 Å². The van der Waals surface area contributed by atoms with Crippen molar-refractivity contribution in [2.75, 3.05) is 26.2 Å². The van der Waals surface area contributed by atoms with E-state index in [2.05, 4.69) is 17.5 Å². The number of rotatable bonds is 6. The number of hydrogen-bond donors (Lipinski definition) is 1. The van der Waals surface area contributed by atoms with Crippen molar-refractivity contribution in [1.82, 2.24) is 20.0 Å². The first-order chi connectivity index (χ1) is 16.8. The van der Waals surface area contributed by atoms with Gasteiger partial charge in [-0.15, -0.1) is 0 Å². The van der Waals surface area contributed by atoms with E-state index in [1.807, 2.05) is 4.90 Å². The number of amides is 3. The minimum atomic E-state index is -0.394. The Bertz CT molecular complexity index is 969. The lowest BCUT2D eigenvalue weighted by Gasteiger charge is -2.65. The molecule has 2 unspecified atom stereocenters. The number of nitrogens with zero attached hydrogens (tertiary/aromatic N) is 5. The van der Waals surface area contributed by atoms with Gasteiger partial charge in [0.1, 0.15) is 18.6 Å². The molecular weight excluding hydrogens is 444 g/mol. The van der Waals surface area contributed by atoms with Crippen molar-refractivity contribution in [2.24, 2.45) is 11.8 Å². The van der Waals surface area contributed by atoms with Crippen LogP contribution in [-0.4, -0.2) is 81.8 Å². The van der Waals surface area contributed by atoms with Gasteiger partial charge in [0.05, 0.1) is 18.7 Å². The van der Waals surface area contributed by atoms with E-state index in [0.717, 1.165) is 57.8 Å². The van der Waals surface area contributed by atoms with Gasteiger partial charge in [0.15, 0.2) is 0 Å². The van der Waals surface area contributed by atoms with Crippen LogP contribution < -0.4 is 5.32 Å². The summed E-state index contributed by atoms with van der Waals surface area (Å²) in [5, 5.41) is 22.4. The average molecular weight is 481 g/mol. The van der Waals surface area contributed by atoms with E-state index in [0.29, 0.717) is 31.3 Å². The van der Waals surface area contributed by atoms with E-state index in [9.17, 15) is 24.9 Å². The summed E-state index contributed by atoms with van der Waals surface area (Å²) in [6, 6.07) is 3.76. The fraction of sp³-hybridized carbons (Fsp3) is 0.808. The molecule has 4 bridgehead atoms. The lowest BCUT2D eigenvalue weighted by Crippen LogP contribution is -2.71. The van der Waals surface area contributed by atoms with Gasteiger partial charge in [0, 0.05) is 31.1 Å². The Morgan fingerprint density at radius 2 is 1.51 bits per heavy atom. The topological polar surface area (TPSA) is 121 Å². The fourth-order valence-electron chi connectivity index (χ4n) is 8.34. The Morgan fingerprint density at radius 3 is 2.06 bits per heavy atom. The van der Waals surface area contributed by atoms with Gasteiger partial charge in [-0.25, -0.2) is 0 Å². The van der Waals surface area contributed by atoms with E-state index in [-0.39, 0.29) is 47.9 Å². The number of hydrogen-bond acceptors (Lipinski definition) is 6. The van der Waals surface area contributed by atoms with E-state index < -0.39 is 6.04 Å². The van der Waals surface area contributed by atoms with Gasteiger partial charge in [-0.2, -0.15) is 10.5 Å². The second-order valence-electron chi connectivity index (χ2n) is 11.7. The van der Waals surface area contributed by atoms with E-state index >= 15 is 0 Å². The molecule has 1 N–H and O–H groups in total. The number of carbonyl (C=O) groups excluding carboxylic acids is 3. The molecule has 9 nitrogen and oxygen atoms in total. The number of likely N-dealkylation sites (tertiary alicyclic amines) is 2. The maximum absolute atomic E-state index is 13.2. The molecule has 0 aromatic rings. The Hall–Kier alpha value is -2.65. The highest BCUT2D eigenvalue weighted by atomic mass is 16.2.